The minimum atomic E-state index is 1.18. The molecule has 0 aliphatic heterocycles. The number of hydrogen-bond donors (Lipinski definition) is 0. The van der Waals surface area contributed by atoms with Crippen molar-refractivity contribution in [2.45, 2.75) is 0 Å². The Hall–Kier alpha value is -5.14. The third kappa shape index (κ3) is 2.85. The van der Waals surface area contributed by atoms with Crippen molar-refractivity contribution in [1.82, 2.24) is 4.57 Å². The van der Waals surface area contributed by atoms with Crippen molar-refractivity contribution in [2.75, 3.05) is 0 Å². The Kier molecular flexibility index (Phi) is 4.11. The normalized spacial score (nSPS) is 12.1. The Morgan fingerprint density at radius 1 is 0.359 bits per heavy atom. The molecular formula is C38H23N. The molecule has 7 aromatic carbocycles. The molecule has 0 spiro atoms. The van der Waals surface area contributed by atoms with Gasteiger partial charge in [0.2, 0.25) is 0 Å². The number of nitrogens with zero attached hydrogens (tertiary/aromatic N) is 1. The number of benzene rings is 7. The molecule has 8 aromatic rings. The van der Waals surface area contributed by atoms with Gasteiger partial charge in [-0.15, -0.1) is 0 Å². The molecule has 180 valence electrons. The highest BCUT2D eigenvalue weighted by atomic mass is 15.0. The second kappa shape index (κ2) is 7.69. The van der Waals surface area contributed by atoms with Crippen LogP contribution in [0.25, 0.3) is 82.4 Å². The van der Waals surface area contributed by atoms with Gasteiger partial charge in [0.1, 0.15) is 0 Å². The average Bonchev–Trinajstić information content (AvgIpc) is 3.50. The van der Waals surface area contributed by atoms with Crippen LogP contribution in [0.2, 0.25) is 0 Å². The van der Waals surface area contributed by atoms with E-state index in [4.69, 9.17) is 0 Å². The zero-order valence-corrected chi connectivity index (χ0v) is 21.2. The molecule has 39 heavy (non-hydrogen) atoms. The highest BCUT2D eigenvalue weighted by Gasteiger charge is 2.22. The Bertz CT molecular complexity index is 2250. The van der Waals surface area contributed by atoms with Crippen LogP contribution in [0.4, 0.5) is 0 Å². The minimum Gasteiger partial charge on any atom is -0.309 e. The van der Waals surface area contributed by atoms with Crippen LogP contribution >= 0.6 is 0 Å². The Morgan fingerprint density at radius 3 is 1.87 bits per heavy atom. The number of fused-ring (bicyclic) bond motifs is 7. The second-order valence-corrected chi connectivity index (χ2v) is 10.6. The smallest absolute Gasteiger partial charge is 0.0547 e. The summed E-state index contributed by atoms with van der Waals surface area (Å²) in [6.07, 6.45) is 0. The van der Waals surface area contributed by atoms with Crippen molar-refractivity contribution >= 4 is 43.4 Å². The highest BCUT2D eigenvalue weighted by Crippen LogP contribution is 2.49. The van der Waals surface area contributed by atoms with E-state index in [1.165, 1.54) is 82.4 Å². The van der Waals surface area contributed by atoms with Gasteiger partial charge in [-0.1, -0.05) is 109 Å². The Labute approximate surface area is 226 Å². The van der Waals surface area contributed by atoms with Gasteiger partial charge in [-0.3, -0.25) is 0 Å². The largest absolute Gasteiger partial charge is 0.309 e. The fourth-order valence-corrected chi connectivity index (χ4v) is 6.81. The second-order valence-electron chi connectivity index (χ2n) is 10.6. The molecule has 1 aliphatic carbocycles. The summed E-state index contributed by atoms with van der Waals surface area (Å²) in [6.45, 7) is 0. The maximum atomic E-state index is 2.43. The first kappa shape index (κ1) is 20.9. The summed E-state index contributed by atoms with van der Waals surface area (Å²) < 4.78 is 2.43. The van der Waals surface area contributed by atoms with Crippen molar-refractivity contribution in [3.05, 3.63) is 140 Å². The third-order valence-corrected chi connectivity index (χ3v) is 8.50. The fraction of sp³-hybridized carbons (Fsp3) is 0. The van der Waals surface area contributed by atoms with Gasteiger partial charge in [-0.25, -0.2) is 0 Å². The van der Waals surface area contributed by atoms with Crippen molar-refractivity contribution in [3.8, 4) is 39.1 Å². The summed E-state index contributed by atoms with van der Waals surface area (Å²) in [5.74, 6) is 0. The van der Waals surface area contributed by atoms with Gasteiger partial charge >= 0.3 is 0 Å². The Balaban J connectivity index is 1.30. The van der Waals surface area contributed by atoms with E-state index in [-0.39, 0.29) is 0 Å². The van der Waals surface area contributed by atoms with Crippen LogP contribution in [0.1, 0.15) is 0 Å². The summed E-state index contributed by atoms with van der Waals surface area (Å²) in [6, 6.07) is 51.3. The van der Waals surface area contributed by atoms with E-state index < -0.39 is 0 Å². The molecule has 0 amide bonds. The topological polar surface area (TPSA) is 4.93 Å². The summed E-state index contributed by atoms with van der Waals surface area (Å²) in [5.41, 5.74) is 11.5. The van der Waals surface area contributed by atoms with Crippen LogP contribution < -0.4 is 0 Å². The van der Waals surface area contributed by atoms with Crippen molar-refractivity contribution in [2.24, 2.45) is 0 Å². The number of rotatable bonds is 2. The summed E-state index contributed by atoms with van der Waals surface area (Å²) in [7, 11) is 0. The van der Waals surface area contributed by atoms with Crippen LogP contribution in [0.15, 0.2) is 140 Å². The van der Waals surface area contributed by atoms with E-state index in [1.54, 1.807) is 0 Å². The highest BCUT2D eigenvalue weighted by molar-refractivity contribution is 6.19. The molecule has 1 nitrogen and oxygen atoms in total. The van der Waals surface area contributed by atoms with E-state index in [9.17, 15) is 0 Å². The zero-order chi connectivity index (χ0) is 25.5. The molecule has 0 N–H and O–H groups in total. The quantitative estimate of drug-likeness (QED) is 0.226. The lowest BCUT2D eigenvalue weighted by molar-refractivity contribution is 1.18. The van der Waals surface area contributed by atoms with Gasteiger partial charge in [0, 0.05) is 16.5 Å². The van der Waals surface area contributed by atoms with Crippen molar-refractivity contribution in [3.63, 3.8) is 0 Å². The maximum Gasteiger partial charge on any atom is 0.0547 e. The first-order chi connectivity index (χ1) is 19.3. The molecule has 0 unspecified atom stereocenters. The van der Waals surface area contributed by atoms with Gasteiger partial charge in [-0.2, -0.15) is 0 Å². The molecule has 1 heteroatoms. The lowest BCUT2D eigenvalue weighted by atomic mass is 9.94. The molecule has 0 fully saturated rings. The molecule has 1 aliphatic rings. The number of aromatic nitrogens is 1. The van der Waals surface area contributed by atoms with Gasteiger partial charge in [0.15, 0.2) is 0 Å². The molecule has 9 rings (SSSR count). The molecule has 1 heterocycles. The van der Waals surface area contributed by atoms with E-state index in [2.05, 4.69) is 144 Å². The maximum absolute atomic E-state index is 2.43. The summed E-state index contributed by atoms with van der Waals surface area (Å²) >= 11 is 0. The van der Waals surface area contributed by atoms with Crippen LogP contribution in [0.3, 0.4) is 0 Å². The molecule has 0 saturated heterocycles. The summed E-state index contributed by atoms with van der Waals surface area (Å²) in [4.78, 5) is 0. The predicted molar refractivity (Wildman–Crippen MR) is 166 cm³/mol. The fourth-order valence-electron chi connectivity index (χ4n) is 6.81. The monoisotopic (exact) mass is 493 g/mol. The SMILES string of the molecule is c1cc(-c2ccc3c4c(cccc24)-c2ccccc2-3)cc(-n2c3ccccc3c3cc4ccccc4cc32)c1. The molecule has 0 saturated carbocycles. The van der Waals surface area contributed by atoms with Gasteiger partial charge in [0.05, 0.1) is 11.0 Å². The molecule has 0 bridgehead atoms. The minimum absolute atomic E-state index is 1.18. The van der Waals surface area contributed by atoms with Crippen LogP contribution in [0, 0.1) is 0 Å². The summed E-state index contributed by atoms with van der Waals surface area (Å²) in [5, 5.41) is 7.79. The van der Waals surface area contributed by atoms with Crippen LogP contribution in [-0.2, 0) is 0 Å². The van der Waals surface area contributed by atoms with E-state index in [1.807, 2.05) is 0 Å². The number of para-hydroxylation sites is 1. The standard InChI is InChI=1S/C38H23N/c1-2-10-25-23-37-35(22-24(25)9-1)31-15-5-6-18-36(31)39(37)27-12-7-11-26(21-27)28-19-20-34-30-14-4-3-13-29(30)33-17-8-16-32(28)38(33)34/h1-23H. The van der Waals surface area contributed by atoms with E-state index in [0.29, 0.717) is 0 Å². The average molecular weight is 494 g/mol. The molecular weight excluding hydrogens is 470 g/mol. The van der Waals surface area contributed by atoms with Crippen molar-refractivity contribution in [1.29, 1.82) is 0 Å². The third-order valence-electron chi connectivity index (χ3n) is 8.50. The lowest BCUT2D eigenvalue weighted by Gasteiger charge is -2.13. The lowest BCUT2D eigenvalue weighted by Crippen LogP contribution is -1.94. The van der Waals surface area contributed by atoms with Crippen molar-refractivity contribution < 1.29 is 0 Å². The Morgan fingerprint density at radius 2 is 1.00 bits per heavy atom. The molecule has 0 radical (unpaired) electrons. The first-order valence-electron chi connectivity index (χ1n) is 13.5. The van der Waals surface area contributed by atoms with E-state index >= 15 is 0 Å². The van der Waals surface area contributed by atoms with Gasteiger partial charge < -0.3 is 4.57 Å². The van der Waals surface area contributed by atoms with Gasteiger partial charge in [-0.05, 0) is 85.3 Å². The van der Waals surface area contributed by atoms with Gasteiger partial charge in [0.25, 0.3) is 0 Å². The number of hydrogen-bond acceptors (Lipinski definition) is 0. The zero-order valence-electron chi connectivity index (χ0n) is 21.2. The van der Waals surface area contributed by atoms with Crippen LogP contribution in [-0.4, -0.2) is 4.57 Å². The van der Waals surface area contributed by atoms with E-state index in [0.717, 1.165) is 0 Å². The first-order valence-corrected chi connectivity index (χ1v) is 13.5. The van der Waals surface area contributed by atoms with Crippen LogP contribution in [0.5, 0.6) is 0 Å². The predicted octanol–water partition coefficient (Wildman–Crippen LogP) is 10.4. The molecule has 0 atom stereocenters. The molecule has 1 aromatic heterocycles.